The monoisotopic (exact) mass is 207 g/mol. The third-order valence-electron chi connectivity index (χ3n) is 1.83. The SMILES string of the molecule is Nc1[nH]ncc1C(=O)NCc1ccon1. The molecule has 2 rings (SSSR count). The number of nitrogen functional groups attached to an aromatic ring is 1. The van der Waals surface area contributed by atoms with E-state index in [9.17, 15) is 4.79 Å². The van der Waals surface area contributed by atoms with Crippen molar-refractivity contribution in [1.82, 2.24) is 20.7 Å². The van der Waals surface area contributed by atoms with Gasteiger partial charge in [-0.05, 0) is 0 Å². The lowest BCUT2D eigenvalue weighted by Crippen LogP contribution is -2.23. The summed E-state index contributed by atoms with van der Waals surface area (Å²) in [5.74, 6) is -0.0584. The largest absolute Gasteiger partial charge is 0.383 e. The molecule has 0 saturated carbocycles. The number of anilines is 1. The molecule has 0 aliphatic rings. The molecule has 0 aliphatic carbocycles. The Morgan fingerprint density at radius 1 is 1.67 bits per heavy atom. The van der Waals surface area contributed by atoms with E-state index in [1.54, 1.807) is 6.07 Å². The topological polar surface area (TPSA) is 110 Å². The summed E-state index contributed by atoms with van der Waals surface area (Å²) in [6.07, 6.45) is 2.81. The molecule has 0 spiro atoms. The van der Waals surface area contributed by atoms with Crippen LogP contribution in [0.25, 0.3) is 0 Å². The quantitative estimate of drug-likeness (QED) is 0.651. The van der Waals surface area contributed by atoms with Gasteiger partial charge in [0.2, 0.25) is 0 Å². The Bertz CT molecular complexity index is 447. The van der Waals surface area contributed by atoms with Crippen LogP contribution in [-0.2, 0) is 6.54 Å². The molecule has 7 heteroatoms. The molecule has 0 fully saturated rings. The highest BCUT2D eigenvalue weighted by molar-refractivity contribution is 5.97. The number of carbonyl (C=O) groups excluding carboxylic acids is 1. The Hall–Kier alpha value is -2.31. The van der Waals surface area contributed by atoms with E-state index in [1.807, 2.05) is 0 Å². The average Bonchev–Trinajstić information content (AvgIpc) is 2.84. The maximum absolute atomic E-state index is 11.5. The molecule has 0 aliphatic heterocycles. The number of carbonyl (C=O) groups is 1. The lowest BCUT2D eigenvalue weighted by Gasteiger charge is -2.00. The smallest absolute Gasteiger partial charge is 0.256 e. The number of rotatable bonds is 3. The Morgan fingerprint density at radius 3 is 3.13 bits per heavy atom. The molecule has 1 amide bonds. The molecule has 2 aromatic rings. The maximum atomic E-state index is 11.5. The fraction of sp³-hybridized carbons (Fsp3) is 0.125. The molecular formula is C8H9N5O2. The van der Waals surface area contributed by atoms with E-state index in [0.717, 1.165) is 0 Å². The normalized spacial score (nSPS) is 10.1. The fourth-order valence-corrected chi connectivity index (χ4v) is 1.07. The summed E-state index contributed by atoms with van der Waals surface area (Å²) in [6, 6.07) is 1.67. The first-order valence-corrected chi connectivity index (χ1v) is 4.23. The molecule has 0 bridgehead atoms. The molecule has 4 N–H and O–H groups in total. The van der Waals surface area contributed by atoms with Gasteiger partial charge in [-0.15, -0.1) is 0 Å². The van der Waals surface area contributed by atoms with Crippen molar-refractivity contribution in [3.8, 4) is 0 Å². The van der Waals surface area contributed by atoms with Gasteiger partial charge in [0.05, 0.1) is 12.7 Å². The summed E-state index contributed by atoms with van der Waals surface area (Å²) >= 11 is 0. The van der Waals surface area contributed by atoms with E-state index in [0.29, 0.717) is 17.8 Å². The highest BCUT2D eigenvalue weighted by atomic mass is 16.5. The van der Waals surface area contributed by atoms with Crippen LogP contribution in [0, 0.1) is 0 Å². The summed E-state index contributed by atoms with van der Waals surface area (Å²) in [7, 11) is 0. The molecule has 2 aromatic heterocycles. The Balaban J connectivity index is 1.96. The van der Waals surface area contributed by atoms with Crippen LogP contribution < -0.4 is 11.1 Å². The average molecular weight is 207 g/mol. The number of H-pyrrole nitrogens is 1. The van der Waals surface area contributed by atoms with Gasteiger partial charge in [-0.3, -0.25) is 9.89 Å². The number of hydrogen-bond acceptors (Lipinski definition) is 5. The second-order valence-electron chi connectivity index (χ2n) is 2.87. The van der Waals surface area contributed by atoms with Gasteiger partial charge in [0.25, 0.3) is 5.91 Å². The number of nitrogens with zero attached hydrogens (tertiary/aromatic N) is 2. The van der Waals surface area contributed by atoms with E-state index < -0.39 is 0 Å². The van der Waals surface area contributed by atoms with Crippen molar-refractivity contribution in [3.63, 3.8) is 0 Å². The minimum absolute atomic E-state index is 0.243. The molecule has 0 atom stereocenters. The van der Waals surface area contributed by atoms with Crippen LogP contribution in [0.4, 0.5) is 5.82 Å². The molecule has 0 aromatic carbocycles. The van der Waals surface area contributed by atoms with E-state index >= 15 is 0 Å². The predicted molar refractivity (Wildman–Crippen MR) is 50.7 cm³/mol. The Morgan fingerprint density at radius 2 is 2.53 bits per heavy atom. The van der Waals surface area contributed by atoms with Gasteiger partial charge in [-0.2, -0.15) is 5.10 Å². The van der Waals surface area contributed by atoms with Crippen LogP contribution in [0.15, 0.2) is 23.0 Å². The molecule has 7 nitrogen and oxygen atoms in total. The van der Waals surface area contributed by atoms with Crippen LogP contribution in [0.2, 0.25) is 0 Å². The fourth-order valence-electron chi connectivity index (χ4n) is 1.07. The van der Waals surface area contributed by atoms with Crippen molar-refractivity contribution in [2.45, 2.75) is 6.54 Å². The zero-order valence-electron chi connectivity index (χ0n) is 7.73. The van der Waals surface area contributed by atoms with Crippen molar-refractivity contribution in [1.29, 1.82) is 0 Å². The molecule has 0 saturated heterocycles. The van der Waals surface area contributed by atoms with Crippen LogP contribution in [-0.4, -0.2) is 21.3 Å². The molecule has 15 heavy (non-hydrogen) atoms. The summed E-state index contributed by atoms with van der Waals surface area (Å²) < 4.78 is 4.62. The van der Waals surface area contributed by atoms with E-state index in [4.69, 9.17) is 5.73 Å². The molecular weight excluding hydrogens is 198 g/mol. The summed E-state index contributed by atoms with van der Waals surface area (Å²) in [4.78, 5) is 11.5. The van der Waals surface area contributed by atoms with Crippen molar-refractivity contribution in [3.05, 3.63) is 29.8 Å². The minimum atomic E-state index is -0.302. The zero-order chi connectivity index (χ0) is 10.7. The number of nitrogens with one attached hydrogen (secondary N) is 2. The first-order chi connectivity index (χ1) is 7.27. The number of amides is 1. The zero-order valence-corrected chi connectivity index (χ0v) is 7.73. The third-order valence-corrected chi connectivity index (χ3v) is 1.83. The summed E-state index contributed by atoms with van der Waals surface area (Å²) in [5.41, 5.74) is 6.44. The highest BCUT2D eigenvalue weighted by Crippen LogP contribution is 2.05. The van der Waals surface area contributed by atoms with Crippen LogP contribution in [0.5, 0.6) is 0 Å². The number of aromatic nitrogens is 3. The van der Waals surface area contributed by atoms with Gasteiger partial charge >= 0.3 is 0 Å². The highest BCUT2D eigenvalue weighted by Gasteiger charge is 2.11. The van der Waals surface area contributed by atoms with E-state index in [2.05, 4.69) is 25.2 Å². The molecule has 2 heterocycles. The van der Waals surface area contributed by atoms with Gasteiger partial charge < -0.3 is 15.6 Å². The van der Waals surface area contributed by atoms with Gasteiger partial charge in [0.1, 0.15) is 23.3 Å². The summed E-state index contributed by atoms with van der Waals surface area (Å²) in [6.45, 7) is 0.292. The Labute approximate surface area is 84.6 Å². The maximum Gasteiger partial charge on any atom is 0.256 e. The van der Waals surface area contributed by atoms with Gasteiger partial charge in [0, 0.05) is 6.07 Å². The summed E-state index contributed by atoms with van der Waals surface area (Å²) in [5, 5.41) is 12.4. The van der Waals surface area contributed by atoms with E-state index in [1.165, 1.54) is 12.5 Å². The first kappa shape index (κ1) is 9.25. The van der Waals surface area contributed by atoms with Crippen molar-refractivity contribution < 1.29 is 9.32 Å². The Kier molecular flexibility index (Phi) is 2.36. The first-order valence-electron chi connectivity index (χ1n) is 4.23. The lowest BCUT2D eigenvalue weighted by atomic mass is 10.3. The number of nitrogens with two attached hydrogens (primary N) is 1. The minimum Gasteiger partial charge on any atom is -0.383 e. The van der Waals surface area contributed by atoms with Gasteiger partial charge in [-0.1, -0.05) is 5.16 Å². The second-order valence-corrected chi connectivity index (χ2v) is 2.87. The number of hydrogen-bond donors (Lipinski definition) is 3. The van der Waals surface area contributed by atoms with Gasteiger partial charge in [0.15, 0.2) is 0 Å². The van der Waals surface area contributed by atoms with Crippen molar-refractivity contribution >= 4 is 11.7 Å². The van der Waals surface area contributed by atoms with Crippen LogP contribution in [0.1, 0.15) is 16.1 Å². The second kappa shape index (κ2) is 3.82. The van der Waals surface area contributed by atoms with E-state index in [-0.39, 0.29) is 11.7 Å². The number of aromatic amines is 1. The van der Waals surface area contributed by atoms with Crippen molar-refractivity contribution in [2.75, 3.05) is 5.73 Å². The van der Waals surface area contributed by atoms with Crippen molar-refractivity contribution in [2.24, 2.45) is 0 Å². The predicted octanol–water partition coefficient (Wildman–Crippen LogP) is -0.0901. The molecule has 0 radical (unpaired) electrons. The standard InChI is InChI=1S/C8H9N5O2/c9-7-6(4-11-12-7)8(14)10-3-5-1-2-15-13-5/h1-2,4H,3H2,(H,10,14)(H3,9,11,12). The van der Waals surface area contributed by atoms with Crippen LogP contribution >= 0.6 is 0 Å². The van der Waals surface area contributed by atoms with Crippen LogP contribution in [0.3, 0.4) is 0 Å². The molecule has 78 valence electrons. The third kappa shape index (κ3) is 1.96. The molecule has 0 unspecified atom stereocenters. The lowest BCUT2D eigenvalue weighted by molar-refractivity contribution is 0.0951. The van der Waals surface area contributed by atoms with Gasteiger partial charge in [-0.25, -0.2) is 0 Å².